The molecule has 0 saturated heterocycles. The highest BCUT2D eigenvalue weighted by molar-refractivity contribution is 7.21. The van der Waals surface area contributed by atoms with Gasteiger partial charge in [-0.3, -0.25) is 29.1 Å². The molecule has 38 heavy (non-hydrogen) atoms. The van der Waals surface area contributed by atoms with Gasteiger partial charge in [0, 0.05) is 61.5 Å². The van der Waals surface area contributed by atoms with Crippen LogP contribution in [0.5, 0.6) is 0 Å². The molecule has 5 aromatic heterocycles. The lowest BCUT2D eigenvalue weighted by Crippen LogP contribution is -2.37. The molecule has 0 atom stereocenters. The van der Waals surface area contributed by atoms with Crippen LogP contribution in [0.25, 0.3) is 26.5 Å². The van der Waals surface area contributed by atoms with Crippen molar-refractivity contribution in [3.05, 3.63) is 71.7 Å². The van der Waals surface area contributed by atoms with E-state index in [0.717, 1.165) is 51.6 Å². The molecule has 0 radical (unpaired) electrons. The second-order valence-corrected chi connectivity index (χ2v) is 10.3. The van der Waals surface area contributed by atoms with Gasteiger partial charge in [0.05, 0.1) is 47.0 Å². The molecule has 3 N–H and O–H groups in total. The van der Waals surface area contributed by atoms with Gasteiger partial charge in [-0.15, -0.1) is 11.3 Å². The first-order chi connectivity index (χ1) is 18.4. The Morgan fingerprint density at radius 3 is 2.84 bits per heavy atom. The number of aryl methyl sites for hydroxylation is 2. The zero-order valence-electron chi connectivity index (χ0n) is 20.9. The highest BCUT2D eigenvalue weighted by Crippen LogP contribution is 2.41. The summed E-state index contributed by atoms with van der Waals surface area (Å²) in [6.07, 6.45) is 9.42. The number of fused-ring (bicyclic) bond motifs is 2. The van der Waals surface area contributed by atoms with E-state index in [1.165, 1.54) is 17.5 Å². The van der Waals surface area contributed by atoms with Crippen LogP contribution in [0.15, 0.2) is 49.2 Å². The monoisotopic (exact) mass is 527 g/mol. The maximum Gasteiger partial charge on any atom is 0.253 e. The lowest BCUT2D eigenvalue weighted by atomic mass is 10.1. The molecule has 6 rings (SSSR count). The van der Waals surface area contributed by atoms with Crippen molar-refractivity contribution in [1.29, 1.82) is 0 Å². The smallest absolute Gasteiger partial charge is 0.253 e. The molecule has 2 amide bonds. The lowest BCUT2D eigenvalue weighted by Gasteiger charge is -2.27. The molecule has 12 heteroatoms. The fourth-order valence-electron chi connectivity index (χ4n) is 4.78. The van der Waals surface area contributed by atoms with Gasteiger partial charge in [0.2, 0.25) is 5.91 Å². The van der Waals surface area contributed by atoms with E-state index in [1.807, 2.05) is 38.5 Å². The number of amides is 2. The SMILES string of the molecule is Cc1ncc(NC(=O)CN2CCc3ncccc3C2)cc1-c1c(-c2cnn(C)c2)sc2c(C(N)=O)cnn12. The minimum Gasteiger partial charge on any atom is -0.365 e. The van der Waals surface area contributed by atoms with Crippen molar-refractivity contribution >= 4 is 33.7 Å². The van der Waals surface area contributed by atoms with Gasteiger partial charge in [-0.05, 0) is 24.6 Å². The Kier molecular flexibility index (Phi) is 5.97. The van der Waals surface area contributed by atoms with Crippen LogP contribution in [0.2, 0.25) is 0 Å². The summed E-state index contributed by atoms with van der Waals surface area (Å²) in [7, 11) is 1.84. The van der Waals surface area contributed by atoms with E-state index in [9.17, 15) is 9.59 Å². The molecule has 0 fully saturated rings. The van der Waals surface area contributed by atoms with Crippen molar-refractivity contribution in [3.63, 3.8) is 0 Å². The summed E-state index contributed by atoms with van der Waals surface area (Å²) in [4.78, 5) is 37.6. The number of hydrogen-bond acceptors (Lipinski definition) is 8. The number of primary amides is 1. The Labute approximate surface area is 221 Å². The Hall–Kier alpha value is -4.42. The molecule has 0 bridgehead atoms. The van der Waals surface area contributed by atoms with Crippen LogP contribution in [0.4, 0.5) is 5.69 Å². The van der Waals surface area contributed by atoms with E-state index in [4.69, 9.17) is 5.73 Å². The zero-order chi connectivity index (χ0) is 26.4. The Morgan fingerprint density at radius 2 is 2.05 bits per heavy atom. The second-order valence-electron chi connectivity index (χ2n) is 9.30. The summed E-state index contributed by atoms with van der Waals surface area (Å²) in [6, 6.07) is 5.88. The molecule has 11 nitrogen and oxygen atoms in total. The standard InChI is InChI=1S/C26H25N9O2S/c1-15-19(23-24(17-9-30-33(2)12-17)38-26-20(25(27)37)11-31-35(23)26)8-18(10-29-15)32-22(36)14-34-7-5-21-16(13-34)4-3-6-28-21/h3-4,6,8-12H,5,7,13-14H2,1-2H3,(H2,27,37)(H,32,36). The molecular weight excluding hydrogens is 502 g/mol. The molecule has 0 aliphatic carbocycles. The van der Waals surface area contributed by atoms with Crippen LogP contribution < -0.4 is 11.1 Å². The number of nitrogens with one attached hydrogen (secondary N) is 1. The number of thiazole rings is 1. The predicted octanol–water partition coefficient (Wildman–Crippen LogP) is 2.66. The van der Waals surface area contributed by atoms with Crippen LogP contribution in [0, 0.1) is 6.92 Å². The summed E-state index contributed by atoms with van der Waals surface area (Å²) in [6.45, 7) is 3.63. The van der Waals surface area contributed by atoms with E-state index < -0.39 is 5.91 Å². The van der Waals surface area contributed by atoms with Gasteiger partial charge in [0.15, 0.2) is 0 Å². The molecular formula is C26H25N9O2S. The van der Waals surface area contributed by atoms with Crippen molar-refractivity contribution in [2.24, 2.45) is 12.8 Å². The van der Waals surface area contributed by atoms with Crippen LogP contribution in [0.3, 0.4) is 0 Å². The minimum atomic E-state index is -0.544. The molecule has 0 spiro atoms. The van der Waals surface area contributed by atoms with Crippen LogP contribution in [-0.4, -0.2) is 59.2 Å². The van der Waals surface area contributed by atoms with E-state index in [-0.39, 0.29) is 12.5 Å². The number of carbonyl (C=O) groups is 2. The zero-order valence-corrected chi connectivity index (χ0v) is 21.7. The number of nitrogens with two attached hydrogens (primary N) is 1. The quantitative estimate of drug-likeness (QED) is 0.346. The summed E-state index contributed by atoms with van der Waals surface area (Å²) >= 11 is 1.41. The molecule has 0 unspecified atom stereocenters. The Bertz CT molecular complexity index is 1700. The van der Waals surface area contributed by atoms with Crippen LogP contribution in [0.1, 0.15) is 27.3 Å². The topological polar surface area (TPSA) is 136 Å². The molecule has 0 saturated carbocycles. The third-order valence-corrected chi connectivity index (χ3v) is 7.84. The number of anilines is 1. The lowest BCUT2D eigenvalue weighted by molar-refractivity contribution is -0.117. The maximum absolute atomic E-state index is 13.0. The van der Waals surface area contributed by atoms with E-state index in [2.05, 4.69) is 36.4 Å². The fourth-order valence-corrected chi connectivity index (χ4v) is 5.98. The number of pyridine rings is 2. The van der Waals surface area contributed by atoms with Crippen molar-refractivity contribution in [2.75, 3.05) is 18.4 Å². The number of aromatic nitrogens is 6. The summed E-state index contributed by atoms with van der Waals surface area (Å²) in [5.41, 5.74) is 12.0. The third-order valence-electron chi connectivity index (χ3n) is 6.62. The largest absolute Gasteiger partial charge is 0.365 e. The van der Waals surface area contributed by atoms with Crippen molar-refractivity contribution in [1.82, 2.24) is 34.3 Å². The predicted molar refractivity (Wildman–Crippen MR) is 144 cm³/mol. The summed E-state index contributed by atoms with van der Waals surface area (Å²) in [5, 5.41) is 11.8. The van der Waals surface area contributed by atoms with Crippen molar-refractivity contribution < 1.29 is 9.59 Å². The second kappa shape index (κ2) is 9.47. The van der Waals surface area contributed by atoms with Gasteiger partial charge in [-0.25, -0.2) is 4.52 Å². The van der Waals surface area contributed by atoms with Gasteiger partial charge < -0.3 is 11.1 Å². The molecule has 192 valence electrons. The van der Waals surface area contributed by atoms with E-state index in [0.29, 0.717) is 22.6 Å². The number of nitrogens with zero attached hydrogens (tertiary/aromatic N) is 7. The van der Waals surface area contributed by atoms with Gasteiger partial charge in [-0.1, -0.05) is 6.07 Å². The van der Waals surface area contributed by atoms with Crippen LogP contribution in [-0.2, 0) is 24.8 Å². The van der Waals surface area contributed by atoms with Crippen molar-refractivity contribution in [3.8, 4) is 21.7 Å². The number of hydrogen-bond donors (Lipinski definition) is 2. The summed E-state index contributed by atoms with van der Waals surface area (Å²) in [5.74, 6) is -0.662. The molecule has 1 aliphatic heterocycles. The average Bonchev–Trinajstić information content (AvgIpc) is 3.60. The van der Waals surface area contributed by atoms with Gasteiger partial charge >= 0.3 is 0 Å². The molecule has 1 aliphatic rings. The van der Waals surface area contributed by atoms with E-state index >= 15 is 0 Å². The Balaban J connectivity index is 1.32. The number of rotatable bonds is 6. The summed E-state index contributed by atoms with van der Waals surface area (Å²) < 4.78 is 3.43. The van der Waals surface area contributed by atoms with Gasteiger partial charge in [0.25, 0.3) is 5.91 Å². The first kappa shape index (κ1) is 23.9. The van der Waals surface area contributed by atoms with E-state index in [1.54, 1.807) is 21.6 Å². The van der Waals surface area contributed by atoms with Gasteiger partial charge in [-0.2, -0.15) is 10.2 Å². The number of carbonyl (C=O) groups excluding carboxylic acids is 2. The van der Waals surface area contributed by atoms with Crippen LogP contribution >= 0.6 is 11.3 Å². The normalized spacial score (nSPS) is 13.5. The third kappa shape index (κ3) is 4.33. The maximum atomic E-state index is 13.0. The van der Waals surface area contributed by atoms with Crippen molar-refractivity contribution in [2.45, 2.75) is 19.9 Å². The minimum absolute atomic E-state index is 0.119. The van der Waals surface area contributed by atoms with Gasteiger partial charge in [0.1, 0.15) is 4.83 Å². The highest BCUT2D eigenvalue weighted by atomic mass is 32.1. The molecule has 0 aromatic carbocycles. The first-order valence-corrected chi connectivity index (χ1v) is 12.9. The fraction of sp³-hybridized carbons (Fsp3) is 0.231. The average molecular weight is 528 g/mol. The first-order valence-electron chi connectivity index (χ1n) is 12.1. The Morgan fingerprint density at radius 1 is 1.18 bits per heavy atom. The molecule has 5 aromatic rings. The molecule has 6 heterocycles. The highest BCUT2D eigenvalue weighted by Gasteiger charge is 2.24.